The summed E-state index contributed by atoms with van der Waals surface area (Å²) in [5, 5.41) is 0. The zero-order valence-corrected chi connectivity index (χ0v) is 17.2. The van der Waals surface area contributed by atoms with E-state index in [1.807, 2.05) is 30.4 Å². The number of cyclic esters (lactones) is 2. The van der Waals surface area contributed by atoms with Crippen molar-refractivity contribution in [2.24, 2.45) is 0 Å². The van der Waals surface area contributed by atoms with Gasteiger partial charge in [-0.3, -0.25) is 4.79 Å². The second kappa shape index (κ2) is 15.7. The van der Waals surface area contributed by atoms with Crippen LogP contribution in [-0.2, 0) is 19.0 Å². The Kier molecular flexibility index (Phi) is 13.3. The summed E-state index contributed by atoms with van der Waals surface area (Å²) >= 11 is 0. The number of carbonyl (C=O) groups is 2. The normalized spacial score (nSPS) is 19.9. The number of carbonyl (C=O) groups excluding carboxylic acids is 2. The van der Waals surface area contributed by atoms with Crippen molar-refractivity contribution in [1.82, 2.24) is 0 Å². The minimum Gasteiger partial charge on any atom is -0.466 e. The second-order valence-electron chi connectivity index (χ2n) is 6.62. The molecule has 0 N–H and O–H groups in total. The highest BCUT2D eigenvalue weighted by atomic mass is 16.8. The molecule has 1 fully saturated rings. The van der Waals surface area contributed by atoms with Gasteiger partial charge in [-0.1, -0.05) is 68.7 Å². The van der Waals surface area contributed by atoms with Gasteiger partial charge in [-0.05, 0) is 38.7 Å². The Balaban J connectivity index is 2.27. The van der Waals surface area contributed by atoms with Gasteiger partial charge in [0, 0.05) is 6.42 Å². The molecule has 0 aromatic rings. The third kappa shape index (κ3) is 11.4. The number of allylic oxidation sites excluding steroid dienone is 7. The van der Waals surface area contributed by atoms with Crippen LogP contribution in [0.2, 0.25) is 0 Å². The molecule has 0 aromatic carbocycles. The average Bonchev–Trinajstić information content (AvgIpc) is 3.02. The molecule has 0 aliphatic carbocycles. The van der Waals surface area contributed by atoms with Crippen LogP contribution in [0.15, 0.2) is 48.6 Å². The molecule has 0 spiro atoms. The molecule has 1 aliphatic heterocycles. The lowest BCUT2D eigenvalue weighted by atomic mass is 10.1. The molecule has 5 heteroatoms. The van der Waals surface area contributed by atoms with E-state index in [9.17, 15) is 9.59 Å². The SMILES string of the molecule is CCCCCC/C=C/C=C\C=C\C=C\[C@H]1OC(=O)O[C@H]1CCCC(=O)OCC. The predicted octanol–water partition coefficient (Wildman–Crippen LogP) is 5.82. The molecule has 1 aliphatic rings. The number of unbranched alkanes of at least 4 members (excludes halogenated alkanes) is 4. The summed E-state index contributed by atoms with van der Waals surface area (Å²) in [5.74, 6) is -0.232. The molecule has 2 atom stereocenters. The van der Waals surface area contributed by atoms with Crippen molar-refractivity contribution in [2.45, 2.75) is 77.4 Å². The van der Waals surface area contributed by atoms with Crippen molar-refractivity contribution in [3.63, 3.8) is 0 Å². The van der Waals surface area contributed by atoms with Crippen LogP contribution in [0.25, 0.3) is 0 Å². The zero-order chi connectivity index (χ0) is 20.5. The average molecular weight is 391 g/mol. The molecule has 1 heterocycles. The summed E-state index contributed by atoms with van der Waals surface area (Å²) in [6.07, 6.45) is 21.9. The van der Waals surface area contributed by atoms with Crippen molar-refractivity contribution in [3.05, 3.63) is 48.6 Å². The van der Waals surface area contributed by atoms with Crippen LogP contribution in [0.3, 0.4) is 0 Å². The molecule has 0 bridgehead atoms. The van der Waals surface area contributed by atoms with E-state index < -0.39 is 12.3 Å². The van der Waals surface area contributed by atoms with E-state index >= 15 is 0 Å². The molecule has 1 saturated heterocycles. The van der Waals surface area contributed by atoms with Crippen molar-refractivity contribution in [1.29, 1.82) is 0 Å². The van der Waals surface area contributed by atoms with Gasteiger partial charge in [-0.25, -0.2) is 4.79 Å². The molecule has 0 aromatic heterocycles. The summed E-state index contributed by atoms with van der Waals surface area (Å²) < 4.78 is 15.2. The smallest absolute Gasteiger partial charge is 0.466 e. The van der Waals surface area contributed by atoms with Crippen LogP contribution >= 0.6 is 0 Å². The number of rotatable bonds is 14. The number of ether oxygens (including phenoxy) is 3. The zero-order valence-electron chi connectivity index (χ0n) is 17.2. The summed E-state index contributed by atoms with van der Waals surface area (Å²) in [6, 6.07) is 0. The molecule has 156 valence electrons. The lowest BCUT2D eigenvalue weighted by Crippen LogP contribution is -2.20. The minimum absolute atomic E-state index is 0.232. The van der Waals surface area contributed by atoms with E-state index in [0.29, 0.717) is 25.9 Å². The summed E-state index contributed by atoms with van der Waals surface area (Å²) in [4.78, 5) is 22.7. The first-order valence-corrected chi connectivity index (χ1v) is 10.4. The van der Waals surface area contributed by atoms with Crippen LogP contribution < -0.4 is 0 Å². The van der Waals surface area contributed by atoms with Gasteiger partial charge < -0.3 is 14.2 Å². The van der Waals surface area contributed by atoms with Crippen molar-refractivity contribution < 1.29 is 23.8 Å². The minimum atomic E-state index is -0.663. The van der Waals surface area contributed by atoms with Gasteiger partial charge in [-0.15, -0.1) is 0 Å². The predicted molar refractivity (Wildman–Crippen MR) is 111 cm³/mol. The Bertz CT molecular complexity index is 559. The summed E-state index contributed by atoms with van der Waals surface area (Å²) in [6.45, 7) is 4.37. The van der Waals surface area contributed by atoms with Gasteiger partial charge in [-0.2, -0.15) is 0 Å². The van der Waals surface area contributed by atoms with Crippen LogP contribution in [0.5, 0.6) is 0 Å². The van der Waals surface area contributed by atoms with Gasteiger partial charge in [0.1, 0.15) is 6.10 Å². The van der Waals surface area contributed by atoms with E-state index in [0.717, 1.165) is 6.42 Å². The molecule has 1 rings (SSSR count). The highest BCUT2D eigenvalue weighted by Crippen LogP contribution is 2.21. The van der Waals surface area contributed by atoms with Crippen molar-refractivity contribution in [3.8, 4) is 0 Å². The second-order valence-corrected chi connectivity index (χ2v) is 6.62. The van der Waals surface area contributed by atoms with Gasteiger partial charge in [0.05, 0.1) is 6.61 Å². The van der Waals surface area contributed by atoms with Gasteiger partial charge in [0.15, 0.2) is 6.10 Å². The molecule has 0 unspecified atom stereocenters. The Labute approximate surface area is 169 Å². The molecule has 28 heavy (non-hydrogen) atoms. The Morgan fingerprint density at radius 2 is 1.71 bits per heavy atom. The first-order valence-electron chi connectivity index (χ1n) is 10.4. The van der Waals surface area contributed by atoms with Gasteiger partial charge in [0.2, 0.25) is 0 Å². The van der Waals surface area contributed by atoms with E-state index in [1.54, 1.807) is 13.0 Å². The molecular weight excluding hydrogens is 356 g/mol. The number of hydrogen-bond donors (Lipinski definition) is 0. The fourth-order valence-corrected chi connectivity index (χ4v) is 2.77. The van der Waals surface area contributed by atoms with Gasteiger partial charge in [0.25, 0.3) is 0 Å². The molecule has 0 amide bonds. The quantitative estimate of drug-likeness (QED) is 0.212. The number of hydrogen-bond acceptors (Lipinski definition) is 5. The fraction of sp³-hybridized carbons (Fsp3) is 0.565. The van der Waals surface area contributed by atoms with Crippen LogP contribution in [-0.4, -0.2) is 30.9 Å². The van der Waals surface area contributed by atoms with E-state index in [1.165, 1.54) is 25.7 Å². The maximum atomic E-state index is 11.4. The Morgan fingerprint density at radius 1 is 0.964 bits per heavy atom. The summed E-state index contributed by atoms with van der Waals surface area (Å²) in [7, 11) is 0. The number of esters is 1. The topological polar surface area (TPSA) is 61.8 Å². The monoisotopic (exact) mass is 390 g/mol. The summed E-state index contributed by atoms with van der Waals surface area (Å²) in [5.41, 5.74) is 0. The van der Waals surface area contributed by atoms with Crippen molar-refractivity contribution in [2.75, 3.05) is 6.61 Å². The van der Waals surface area contributed by atoms with Crippen LogP contribution in [0, 0.1) is 0 Å². The highest BCUT2D eigenvalue weighted by molar-refractivity contribution is 5.69. The highest BCUT2D eigenvalue weighted by Gasteiger charge is 2.34. The van der Waals surface area contributed by atoms with Crippen LogP contribution in [0.1, 0.15) is 65.2 Å². The lowest BCUT2D eigenvalue weighted by Gasteiger charge is -2.11. The van der Waals surface area contributed by atoms with E-state index in [4.69, 9.17) is 14.2 Å². The van der Waals surface area contributed by atoms with Crippen molar-refractivity contribution >= 4 is 12.1 Å². The lowest BCUT2D eigenvalue weighted by molar-refractivity contribution is -0.143. The van der Waals surface area contributed by atoms with E-state index in [2.05, 4.69) is 19.1 Å². The fourth-order valence-electron chi connectivity index (χ4n) is 2.77. The first-order chi connectivity index (χ1) is 13.7. The Hall–Kier alpha value is -2.30. The third-order valence-electron chi connectivity index (χ3n) is 4.24. The van der Waals surface area contributed by atoms with E-state index in [-0.39, 0.29) is 12.1 Å². The third-order valence-corrected chi connectivity index (χ3v) is 4.24. The molecule has 5 nitrogen and oxygen atoms in total. The maximum Gasteiger partial charge on any atom is 0.509 e. The molecule has 0 saturated carbocycles. The first kappa shape index (κ1) is 23.7. The molecule has 0 radical (unpaired) electrons. The van der Waals surface area contributed by atoms with Gasteiger partial charge >= 0.3 is 12.1 Å². The standard InChI is InChI=1S/C23H34O5/c1-3-5-6-7-8-9-10-11-12-13-14-15-17-20-21(28-23(25)27-20)18-16-19-22(24)26-4-2/h9-15,17,20-21H,3-8,16,18-19H2,1-2H3/b10-9+,12-11-,14-13+,17-15+/t20-,21+/m1/s1. The molecular formula is C23H34O5. The maximum absolute atomic E-state index is 11.4. The van der Waals surface area contributed by atoms with Crippen LogP contribution in [0.4, 0.5) is 4.79 Å². The Morgan fingerprint density at radius 3 is 2.46 bits per heavy atom. The largest absolute Gasteiger partial charge is 0.509 e.